The molecule has 3 atom stereocenters. The van der Waals surface area contributed by atoms with Gasteiger partial charge < -0.3 is 10.6 Å². The van der Waals surface area contributed by atoms with Crippen LogP contribution in [0.1, 0.15) is 30.7 Å². The van der Waals surface area contributed by atoms with Crippen LogP contribution in [0.2, 0.25) is 0 Å². The summed E-state index contributed by atoms with van der Waals surface area (Å²) in [6, 6.07) is 10.8. The molecule has 1 saturated heterocycles. The molecule has 90 valence electrons. The van der Waals surface area contributed by atoms with Gasteiger partial charge in [-0.2, -0.15) is 0 Å². The van der Waals surface area contributed by atoms with Gasteiger partial charge in [-0.25, -0.2) is 0 Å². The molecule has 1 aromatic rings. The molecule has 3 nitrogen and oxygen atoms in total. The van der Waals surface area contributed by atoms with Crippen molar-refractivity contribution in [2.75, 3.05) is 6.54 Å². The van der Waals surface area contributed by atoms with E-state index < -0.39 is 0 Å². The highest BCUT2D eigenvalue weighted by atomic mass is 16.2. The van der Waals surface area contributed by atoms with Gasteiger partial charge in [0.05, 0.1) is 6.04 Å². The molecule has 0 radical (unpaired) electrons. The Balaban J connectivity index is 1.54. The van der Waals surface area contributed by atoms with E-state index in [-0.39, 0.29) is 11.9 Å². The van der Waals surface area contributed by atoms with Crippen molar-refractivity contribution in [2.45, 2.75) is 37.3 Å². The molecule has 2 aliphatic rings. The van der Waals surface area contributed by atoms with Gasteiger partial charge in [-0.15, -0.1) is 0 Å². The van der Waals surface area contributed by atoms with Gasteiger partial charge in [0.2, 0.25) is 5.91 Å². The number of nitrogens with one attached hydrogen (secondary N) is 2. The fourth-order valence-electron chi connectivity index (χ4n) is 2.61. The molecule has 3 rings (SSSR count). The Kier molecular flexibility index (Phi) is 2.85. The summed E-state index contributed by atoms with van der Waals surface area (Å²) in [5, 5.41) is 6.37. The molecule has 1 saturated carbocycles. The molecule has 1 aliphatic heterocycles. The first kappa shape index (κ1) is 10.8. The second-order valence-corrected chi connectivity index (χ2v) is 5.02. The number of rotatable bonds is 3. The number of benzene rings is 1. The summed E-state index contributed by atoms with van der Waals surface area (Å²) in [7, 11) is 0. The minimum absolute atomic E-state index is 0.0482. The fourth-order valence-corrected chi connectivity index (χ4v) is 2.61. The summed E-state index contributed by atoms with van der Waals surface area (Å²) in [4.78, 5) is 11.9. The standard InChI is InChI=1S/C14H18N2O/c17-14(12-7-4-8-15-12)16-13-9-11(13)10-5-2-1-3-6-10/h1-3,5-6,11-13,15H,4,7-9H2,(H,16,17)/t11?,12-,13?/m1/s1. The van der Waals surface area contributed by atoms with E-state index in [4.69, 9.17) is 0 Å². The summed E-state index contributed by atoms with van der Waals surface area (Å²) in [6.45, 7) is 0.977. The number of amides is 1. The van der Waals surface area contributed by atoms with E-state index in [1.807, 2.05) is 6.07 Å². The van der Waals surface area contributed by atoms with E-state index in [0.717, 1.165) is 25.8 Å². The first-order valence-corrected chi connectivity index (χ1v) is 6.43. The van der Waals surface area contributed by atoms with Crippen LogP contribution in [-0.2, 0) is 4.79 Å². The second-order valence-electron chi connectivity index (χ2n) is 5.02. The van der Waals surface area contributed by atoms with Crippen LogP contribution in [0.5, 0.6) is 0 Å². The van der Waals surface area contributed by atoms with Crippen LogP contribution in [0.25, 0.3) is 0 Å². The first-order valence-electron chi connectivity index (χ1n) is 6.43. The maximum Gasteiger partial charge on any atom is 0.237 e. The Morgan fingerprint density at radius 3 is 2.82 bits per heavy atom. The van der Waals surface area contributed by atoms with E-state index in [0.29, 0.717) is 12.0 Å². The average molecular weight is 230 g/mol. The van der Waals surface area contributed by atoms with Crippen LogP contribution < -0.4 is 10.6 Å². The Morgan fingerprint density at radius 1 is 1.29 bits per heavy atom. The third kappa shape index (κ3) is 2.34. The number of hydrogen-bond acceptors (Lipinski definition) is 2. The summed E-state index contributed by atoms with van der Waals surface area (Å²) in [5.41, 5.74) is 1.34. The molecule has 0 spiro atoms. The summed E-state index contributed by atoms with van der Waals surface area (Å²) < 4.78 is 0. The van der Waals surface area contributed by atoms with Crippen LogP contribution in [0.15, 0.2) is 30.3 Å². The third-order valence-electron chi connectivity index (χ3n) is 3.72. The molecule has 2 N–H and O–H groups in total. The van der Waals surface area contributed by atoms with Crippen molar-refractivity contribution in [1.29, 1.82) is 0 Å². The highest BCUT2D eigenvalue weighted by molar-refractivity contribution is 5.82. The molecule has 17 heavy (non-hydrogen) atoms. The van der Waals surface area contributed by atoms with E-state index in [1.54, 1.807) is 0 Å². The van der Waals surface area contributed by atoms with Gasteiger partial charge in [0.25, 0.3) is 0 Å². The monoisotopic (exact) mass is 230 g/mol. The minimum atomic E-state index is 0.0482. The van der Waals surface area contributed by atoms with Crippen LogP contribution in [0.3, 0.4) is 0 Å². The van der Waals surface area contributed by atoms with E-state index >= 15 is 0 Å². The lowest BCUT2D eigenvalue weighted by atomic mass is 10.1. The Bertz CT molecular complexity index is 398. The lowest BCUT2D eigenvalue weighted by Gasteiger charge is -2.10. The molecule has 1 aromatic carbocycles. The lowest BCUT2D eigenvalue weighted by Crippen LogP contribution is -2.41. The van der Waals surface area contributed by atoms with Crippen LogP contribution in [-0.4, -0.2) is 24.5 Å². The fraction of sp³-hybridized carbons (Fsp3) is 0.500. The van der Waals surface area contributed by atoms with Crippen molar-refractivity contribution in [3.05, 3.63) is 35.9 Å². The van der Waals surface area contributed by atoms with E-state index in [2.05, 4.69) is 34.9 Å². The SMILES string of the molecule is O=C(NC1CC1c1ccccc1)[C@H]1CCCN1. The molecular weight excluding hydrogens is 212 g/mol. The van der Waals surface area contributed by atoms with Crippen molar-refractivity contribution in [3.8, 4) is 0 Å². The first-order chi connectivity index (χ1) is 8.34. The summed E-state index contributed by atoms with van der Waals surface area (Å²) in [6.07, 6.45) is 3.18. The average Bonchev–Trinajstić information content (AvgIpc) is 2.92. The van der Waals surface area contributed by atoms with Gasteiger partial charge in [0.1, 0.15) is 0 Å². The topological polar surface area (TPSA) is 41.1 Å². The molecule has 1 heterocycles. The predicted molar refractivity (Wildman–Crippen MR) is 66.8 cm³/mol. The molecular formula is C14H18N2O. The number of hydrogen-bond donors (Lipinski definition) is 2. The highest BCUT2D eigenvalue weighted by Crippen LogP contribution is 2.40. The Hall–Kier alpha value is -1.35. The third-order valence-corrected chi connectivity index (χ3v) is 3.72. The quantitative estimate of drug-likeness (QED) is 0.824. The molecule has 0 bridgehead atoms. The molecule has 1 amide bonds. The minimum Gasteiger partial charge on any atom is -0.351 e. The van der Waals surface area contributed by atoms with Crippen molar-refractivity contribution >= 4 is 5.91 Å². The maximum atomic E-state index is 11.9. The van der Waals surface area contributed by atoms with Gasteiger partial charge in [0, 0.05) is 12.0 Å². The van der Waals surface area contributed by atoms with Crippen molar-refractivity contribution in [3.63, 3.8) is 0 Å². The zero-order valence-electron chi connectivity index (χ0n) is 9.86. The normalized spacial score (nSPS) is 31.2. The van der Waals surface area contributed by atoms with Crippen molar-refractivity contribution in [2.24, 2.45) is 0 Å². The molecule has 2 unspecified atom stereocenters. The maximum absolute atomic E-state index is 11.9. The predicted octanol–water partition coefficient (Wildman–Crippen LogP) is 1.41. The zero-order valence-corrected chi connectivity index (χ0v) is 9.86. The molecule has 3 heteroatoms. The van der Waals surface area contributed by atoms with Gasteiger partial charge in [0.15, 0.2) is 0 Å². The second kappa shape index (κ2) is 4.49. The van der Waals surface area contributed by atoms with Crippen molar-refractivity contribution < 1.29 is 4.79 Å². The highest BCUT2D eigenvalue weighted by Gasteiger charge is 2.40. The van der Waals surface area contributed by atoms with E-state index in [9.17, 15) is 4.79 Å². The smallest absolute Gasteiger partial charge is 0.237 e. The van der Waals surface area contributed by atoms with Crippen LogP contribution >= 0.6 is 0 Å². The summed E-state index contributed by atoms with van der Waals surface area (Å²) in [5.74, 6) is 0.715. The van der Waals surface area contributed by atoms with Gasteiger partial charge >= 0.3 is 0 Å². The Morgan fingerprint density at radius 2 is 2.12 bits per heavy atom. The number of carbonyl (C=O) groups excluding carboxylic acids is 1. The molecule has 2 fully saturated rings. The zero-order chi connectivity index (χ0) is 11.7. The Labute approximate surface area is 102 Å². The molecule has 0 aromatic heterocycles. The van der Waals surface area contributed by atoms with E-state index in [1.165, 1.54) is 5.56 Å². The number of carbonyl (C=O) groups is 1. The lowest BCUT2D eigenvalue weighted by molar-refractivity contribution is -0.122. The van der Waals surface area contributed by atoms with Gasteiger partial charge in [-0.05, 0) is 31.4 Å². The van der Waals surface area contributed by atoms with Gasteiger partial charge in [-0.1, -0.05) is 30.3 Å². The summed E-state index contributed by atoms with van der Waals surface area (Å²) >= 11 is 0. The van der Waals surface area contributed by atoms with Crippen LogP contribution in [0.4, 0.5) is 0 Å². The van der Waals surface area contributed by atoms with Crippen molar-refractivity contribution in [1.82, 2.24) is 10.6 Å². The largest absolute Gasteiger partial charge is 0.351 e. The molecule has 1 aliphatic carbocycles. The van der Waals surface area contributed by atoms with Gasteiger partial charge in [-0.3, -0.25) is 4.79 Å². The van der Waals surface area contributed by atoms with Crippen LogP contribution in [0, 0.1) is 0 Å².